The summed E-state index contributed by atoms with van der Waals surface area (Å²) in [7, 11) is 1.66. The smallest absolute Gasteiger partial charge is 0.323 e. The molecular weight excluding hydrogens is 260 g/mol. The molecule has 1 rings (SSSR count). The molecule has 0 saturated heterocycles. The van der Waals surface area contributed by atoms with E-state index >= 15 is 0 Å². The standard InChI is InChI=1S/C14H24N2O4/c1-9-5-10(9)8-16(4)13(20)15-11(17)6-14(2,3)7-12(18)19/h9-10H,5-8H2,1-4H3,(H,18,19)(H,15,17,20). The molecule has 0 bridgehead atoms. The minimum atomic E-state index is -0.950. The van der Waals surface area contributed by atoms with Gasteiger partial charge in [-0.1, -0.05) is 20.8 Å². The lowest BCUT2D eigenvalue weighted by Gasteiger charge is -2.22. The first kappa shape index (κ1) is 16.5. The van der Waals surface area contributed by atoms with Gasteiger partial charge in [0.1, 0.15) is 0 Å². The summed E-state index contributed by atoms with van der Waals surface area (Å²) in [4.78, 5) is 35.8. The van der Waals surface area contributed by atoms with Crippen LogP contribution in [-0.4, -0.2) is 41.5 Å². The van der Waals surface area contributed by atoms with E-state index in [0.29, 0.717) is 18.4 Å². The van der Waals surface area contributed by atoms with Gasteiger partial charge in [0.05, 0.1) is 6.42 Å². The lowest BCUT2D eigenvalue weighted by atomic mass is 9.85. The lowest BCUT2D eigenvalue weighted by molar-refractivity contribution is -0.139. The Kier molecular flexibility index (Phi) is 5.14. The minimum absolute atomic E-state index is 0.0126. The second-order valence-corrected chi connectivity index (χ2v) is 6.62. The van der Waals surface area contributed by atoms with Crippen LogP contribution in [0.15, 0.2) is 0 Å². The maximum absolute atomic E-state index is 11.8. The summed E-state index contributed by atoms with van der Waals surface area (Å²) in [5, 5.41) is 11.1. The summed E-state index contributed by atoms with van der Waals surface area (Å²) >= 11 is 0. The fourth-order valence-electron chi connectivity index (χ4n) is 2.25. The topological polar surface area (TPSA) is 86.7 Å². The Labute approximate surface area is 119 Å². The van der Waals surface area contributed by atoms with Crippen molar-refractivity contribution < 1.29 is 19.5 Å². The number of rotatable bonds is 6. The van der Waals surface area contributed by atoms with Crippen molar-refractivity contribution in [3.05, 3.63) is 0 Å². The summed E-state index contributed by atoms with van der Waals surface area (Å²) in [6.45, 7) is 6.18. The molecule has 0 radical (unpaired) electrons. The van der Waals surface area contributed by atoms with Crippen LogP contribution in [0.2, 0.25) is 0 Å². The maximum atomic E-state index is 11.8. The molecule has 0 aromatic carbocycles. The van der Waals surface area contributed by atoms with E-state index in [2.05, 4.69) is 12.2 Å². The molecule has 1 saturated carbocycles. The molecule has 0 heterocycles. The van der Waals surface area contributed by atoms with Gasteiger partial charge in [0.2, 0.25) is 5.91 Å². The van der Waals surface area contributed by atoms with Crippen molar-refractivity contribution in [3.8, 4) is 0 Å². The maximum Gasteiger partial charge on any atom is 0.323 e. The third-order valence-electron chi connectivity index (χ3n) is 3.65. The summed E-state index contributed by atoms with van der Waals surface area (Å²) in [6, 6.07) is -0.416. The molecule has 20 heavy (non-hydrogen) atoms. The van der Waals surface area contributed by atoms with Gasteiger partial charge in [0.15, 0.2) is 0 Å². The number of imide groups is 1. The Morgan fingerprint density at radius 3 is 2.30 bits per heavy atom. The van der Waals surface area contributed by atoms with E-state index in [0.717, 1.165) is 6.42 Å². The van der Waals surface area contributed by atoms with Crippen LogP contribution in [0.1, 0.15) is 40.0 Å². The van der Waals surface area contributed by atoms with Crippen LogP contribution < -0.4 is 5.32 Å². The van der Waals surface area contributed by atoms with Gasteiger partial charge in [0.25, 0.3) is 0 Å². The zero-order chi connectivity index (χ0) is 15.5. The second-order valence-electron chi connectivity index (χ2n) is 6.62. The molecule has 3 amide bonds. The number of nitrogens with one attached hydrogen (secondary N) is 1. The fourth-order valence-corrected chi connectivity index (χ4v) is 2.25. The Bertz CT molecular complexity index is 406. The number of amides is 3. The Hall–Kier alpha value is -1.59. The largest absolute Gasteiger partial charge is 0.481 e. The number of urea groups is 1. The number of carbonyl (C=O) groups is 3. The molecule has 2 unspecified atom stereocenters. The zero-order valence-corrected chi connectivity index (χ0v) is 12.6. The second kappa shape index (κ2) is 6.24. The summed E-state index contributed by atoms with van der Waals surface area (Å²) in [5.41, 5.74) is -0.667. The monoisotopic (exact) mass is 284 g/mol. The normalized spacial score (nSPS) is 21.2. The van der Waals surface area contributed by atoms with E-state index in [4.69, 9.17) is 5.11 Å². The molecule has 2 atom stereocenters. The molecule has 0 aromatic heterocycles. The van der Waals surface area contributed by atoms with Crippen LogP contribution >= 0.6 is 0 Å². The van der Waals surface area contributed by atoms with Crippen molar-refractivity contribution in [2.24, 2.45) is 17.3 Å². The number of carbonyl (C=O) groups excluding carboxylic acids is 2. The van der Waals surface area contributed by atoms with Gasteiger partial charge in [-0.05, 0) is 23.7 Å². The van der Waals surface area contributed by atoms with E-state index in [1.807, 2.05) is 0 Å². The summed E-state index contributed by atoms with van der Waals surface area (Å²) in [5.74, 6) is -0.203. The fraction of sp³-hybridized carbons (Fsp3) is 0.786. The van der Waals surface area contributed by atoms with Crippen LogP contribution in [0.3, 0.4) is 0 Å². The molecule has 6 heteroatoms. The number of hydrogen-bond acceptors (Lipinski definition) is 3. The lowest BCUT2D eigenvalue weighted by Crippen LogP contribution is -2.43. The zero-order valence-electron chi connectivity index (χ0n) is 12.6. The van der Waals surface area contributed by atoms with Crippen LogP contribution in [0.25, 0.3) is 0 Å². The Balaban J connectivity index is 2.37. The SMILES string of the molecule is CC1CC1CN(C)C(=O)NC(=O)CC(C)(C)CC(=O)O. The molecule has 114 valence electrons. The third kappa shape index (κ3) is 5.59. The highest BCUT2D eigenvalue weighted by Crippen LogP contribution is 2.37. The molecule has 1 aliphatic rings. The van der Waals surface area contributed by atoms with Gasteiger partial charge < -0.3 is 10.0 Å². The predicted octanol–water partition coefficient (Wildman–Crippen LogP) is 1.70. The van der Waals surface area contributed by atoms with Crippen molar-refractivity contribution in [1.29, 1.82) is 0 Å². The first-order valence-electron chi connectivity index (χ1n) is 6.87. The molecule has 1 fully saturated rings. The van der Waals surface area contributed by atoms with E-state index in [1.54, 1.807) is 20.9 Å². The van der Waals surface area contributed by atoms with Crippen molar-refractivity contribution >= 4 is 17.9 Å². The van der Waals surface area contributed by atoms with Gasteiger partial charge in [-0.25, -0.2) is 4.79 Å². The molecule has 0 aromatic rings. The highest BCUT2D eigenvalue weighted by atomic mass is 16.4. The van der Waals surface area contributed by atoms with Crippen molar-refractivity contribution in [1.82, 2.24) is 10.2 Å². The van der Waals surface area contributed by atoms with E-state index in [1.165, 1.54) is 4.90 Å². The van der Waals surface area contributed by atoms with E-state index in [-0.39, 0.29) is 12.8 Å². The molecular formula is C14H24N2O4. The van der Waals surface area contributed by atoms with Gasteiger partial charge in [0, 0.05) is 20.0 Å². The van der Waals surface area contributed by atoms with Gasteiger partial charge in [-0.15, -0.1) is 0 Å². The third-order valence-corrected chi connectivity index (χ3v) is 3.65. The van der Waals surface area contributed by atoms with Gasteiger partial charge in [-0.2, -0.15) is 0 Å². The highest BCUT2D eigenvalue weighted by Gasteiger charge is 2.34. The first-order valence-corrected chi connectivity index (χ1v) is 6.87. The summed E-state index contributed by atoms with van der Waals surface area (Å²) in [6.07, 6.45) is 1.03. The number of aliphatic carboxylic acids is 1. The Morgan fingerprint density at radius 1 is 1.30 bits per heavy atom. The average Bonchev–Trinajstić information content (AvgIpc) is 2.90. The van der Waals surface area contributed by atoms with Crippen molar-refractivity contribution in [3.63, 3.8) is 0 Å². The van der Waals surface area contributed by atoms with E-state index in [9.17, 15) is 14.4 Å². The van der Waals surface area contributed by atoms with E-state index < -0.39 is 23.3 Å². The van der Waals surface area contributed by atoms with Crippen LogP contribution in [0, 0.1) is 17.3 Å². The average molecular weight is 284 g/mol. The van der Waals surface area contributed by atoms with Crippen molar-refractivity contribution in [2.75, 3.05) is 13.6 Å². The molecule has 6 nitrogen and oxygen atoms in total. The molecule has 2 N–H and O–H groups in total. The van der Waals surface area contributed by atoms with Crippen LogP contribution in [0.4, 0.5) is 4.79 Å². The quantitative estimate of drug-likeness (QED) is 0.777. The van der Waals surface area contributed by atoms with Gasteiger partial charge >= 0.3 is 12.0 Å². The number of hydrogen-bond donors (Lipinski definition) is 2. The number of nitrogens with zero attached hydrogens (tertiary/aromatic N) is 1. The summed E-state index contributed by atoms with van der Waals surface area (Å²) < 4.78 is 0. The van der Waals surface area contributed by atoms with Crippen LogP contribution in [-0.2, 0) is 9.59 Å². The molecule has 0 aliphatic heterocycles. The number of carboxylic acids is 1. The van der Waals surface area contributed by atoms with Gasteiger partial charge in [-0.3, -0.25) is 14.9 Å². The van der Waals surface area contributed by atoms with Crippen LogP contribution in [0.5, 0.6) is 0 Å². The highest BCUT2D eigenvalue weighted by molar-refractivity contribution is 5.94. The predicted molar refractivity (Wildman–Crippen MR) is 74.1 cm³/mol. The first-order chi connectivity index (χ1) is 9.10. The molecule has 0 spiro atoms. The number of carboxylic acid groups (broad SMARTS) is 1. The van der Waals surface area contributed by atoms with Crippen molar-refractivity contribution in [2.45, 2.75) is 40.0 Å². The minimum Gasteiger partial charge on any atom is -0.481 e. The molecule has 1 aliphatic carbocycles. The Morgan fingerprint density at radius 2 is 1.85 bits per heavy atom.